The van der Waals surface area contributed by atoms with Gasteiger partial charge in [-0.15, -0.1) is 0 Å². The standard InChI is InChI=1S/C8H14FNO/c1-6-2-8(5-11)3-7(9)4-10(6)8/h6-7,11H,2-5H2,1H3/t6-,7+,8-/m0/s1. The van der Waals surface area contributed by atoms with Crippen molar-refractivity contribution in [1.82, 2.24) is 4.90 Å². The predicted octanol–water partition coefficient (Wildman–Crippen LogP) is 0.554. The van der Waals surface area contributed by atoms with Crippen LogP contribution >= 0.6 is 0 Å². The molecule has 2 aliphatic heterocycles. The predicted molar refractivity (Wildman–Crippen MR) is 40.1 cm³/mol. The van der Waals surface area contributed by atoms with Gasteiger partial charge >= 0.3 is 0 Å². The number of fused-ring (bicyclic) bond motifs is 1. The molecular formula is C8H14FNO. The third kappa shape index (κ3) is 0.842. The number of halogens is 1. The lowest BCUT2D eigenvalue weighted by Gasteiger charge is -2.52. The van der Waals surface area contributed by atoms with Gasteiger partial charge in [-0.1, -0.05) is 0 Å². The lowest BCUT2D eigenvalue weighted by atomic mass is 9.80. The second kappa shape index (κ2) is 2.17. The second-order valence-corrected chi connectivity index (χ2v) is 3.89. The molecule has 3 atom stereocenters. The summed E-state index contributed by atoms with van der Waals surface area (Å²) in [5, 5.41) is 9.07. The molecule has 0 radical (unpaired) electrons. The Kier molecular flexibility index (Phi) is 1.48. The van der Waals surface area contributed by atoms with Gasteiger partial charge in [0.15, 0.2) is 0 Å². The fourth-order valence-corrected chi connectivity index (χ4v) is 2.62. The van der Waals surface area contributed by atoms with Crippen LogP contribution in [0.1, 0.15) is 19.8 Å². The molecule has 2 saturated heterocycles. The highest BCUT2D eigenvalue weighted by atomic mass is 19.1. The van der Waals surface area contributed by atoms with Crippen molar-refractivity contribution in [3.8, 4) is 0 Å². The zero-order valence-corrected chi connectivity index (χ0v) is 6.76. The van der Waals surface area contributed by atoms with E-state index in [1.165, 1.54) is 0 Å². The number of alkyl halides is 1. The quantitative estimate of drug-likeness (QED) is 0.604. The SMILES string of the molecule is C[C@H]1C[C@@]2(CO)C[C@@H](F)CN12. The molecule has 2 nitrogen and oxygen atoms in total. The zero-order valence-electron chi connectivity index (χ0n) is 6.76. The molecule has 3 heteroatoms. The van der Waals surface area contributed by atoms with Crippen molar-refractivity contribution < 1.29 is 9.50 Å². The third-order valence-electron chi connectivity index (χ3n) is 3.11. The van der Waals surface area contributed by atoms with Crippen LogP contribution in [0.3, 0.4) is 0 Å². The third-order valence-corrected chi connectivity index (χ3v) is 3.11. The van der Waals surface area contributed by atoms with Crippen molar-refractivity contribution in [3.05, 3.63) is 0 Å². The number of nitrogens with zero attached hydrogens (tertiary/aromatic N) is 1. The molecule has 0 saturated carbocycles. The van der Waals surface area contributed by atoms with Crippen LogP contribution in [-0.2, 0) is 0 Å². The van der Waals surface area contributed by atoms with Crippen molar-refractivity contribution in [2.24, 2.45) is 0 Å². The minimum absolute atomic E-state index is 0.123. The Morgan fingerprint density at radius 2 is 2.36 bits per heavy atom. The second-order valence-electron chi connectivity index (χ2n) is 3.89. The molecule has 2 aliphatic rings. The minimum Gasteiger partial charge on any atom is -0.394 e. The van der Waals surface area contributed by atoms with Gasteiger partial charge in [0.25, 0.3) is 0 Å². The van der Waals surface area contributed by atoms with Crippen LogP contribution in [0.2, 0.25) is 0 Å². The van der Waals surface area contributed by atoms with Gasteiger partial charge in [0.2, 0.25) is 0 Å². The van der Waals surface area contributed by atoms with Crippen LogP contribution in [-0.4, -0.2) is 40.9 Å². The van der Waals surface area contributed by atoms with Gasteiger partial charge in [0.1, 0.15) is 6.17 Å². The minimum atomic E-state index is -0.716. The van der Waals surface area contributed by atoms with Gasteiger partial charge in [0.05, 0.1) is 6.61 Å². The van der Waals surface area contributed by atoms with Crippen molar-refractivity contribution in [3.63, 3.8) is 0 Å². The van der Waals surface area contributed by atoms with E-state index < -0.39 is 6.17 Å². The molecule has 0 aliphatic carbocycles. The fraction of sp³-hybridized carbons (Fsp3) is 1.00. The first-order valence-electron chi connectivity index (χ1n) is 4.20. The van der Waals surface area contributed by atoms with Crippen LogP contribution < -0.4 is 0 Å². The Bertz CT molecular complexity index is 173. The van der Waals surface area contributed by atoms with Gasteiger partial charge in [-0.25, -0.2) is 4.39 Å². The van der Waals surface area contributed by atoms with E-state index in [2.05, 4.69) is 11.8 Å². The molecule has 0 unspecified atom stereocenters. The summed E-state index contributed by atoms with van der Waals surface area (Å²) in [4.78, 5) is 2.09. The van der Waals surface area contributed by atoms with Crippen molar-refractivity contribution in [2.45, 2.75) is 37.5 Å². The van der Waals surface area contributed by atoms with E-state index in [9.17, 15) is 4.39 Å². The van der Waals surface area contributed by atoms with Gasteiger partial charge in [-0.2, -0.15) is 0 Å². The molecule has 0 amide bonds. The van der Waals surface area contributed by atoms with Crippen LogP contribution in [0.15, 0.2) is 0 Å². The average Bonchev–Trinajstić information content (AvgIpc) is 2.23. The molecule has 0 aromatic heterocycles. The van der Waals surface area contributed by atoms with Gasteiger partial charge in [-0.3, -0.25) is 4.90 Å². The van der Waals surface area contributed by atoms with E-state index in [0.29, 0.717) is 19.0 Å². The van der Waals surface area contributed by atoms with Crippen molar-refractivity contribution >= 4 is 0 Å². The first-order valence-corrected chi connectivity index (χ1v) is 4.20. The molecule has 1 N–H and O–H groups in total. The highest BCUT2D eigenvalue weighted by molar-refractivity contribution is 5.10. The summed E-state index contributed by atoms with van der Waals surface area (Å²) >= 11 is 0. The maximum Gasteiger partial charge on any atom is 0.115 e. The molecule has 64 valence electrons. The molecule has 0 aromatic rings. The van der Waals surface area contributed by atoms with E-state index in [1.807, 2.05) is 0 Å². The Labute approximate surface area is 66.0 Å². The van der Waals surface area contributed by atoms with E-state index in [4.69, 9.17) is 5.11 Å². The Balaban J connectivity index is 2.12. The highest BCUT2D eigenvalue weighted by Crippen LogP contribution is 2.45. The Morgan fingerprint density at radius 3 is 2.82 bits per heavy atom. The summed E-state index contributed by atoms with van der Waals surface area (Å²) in [6.07, 6.45) is 0.782. The van der Waals surface area contributed by atoms with Crippen LogP contribution in [0, 0.1) is 0 Å². The number of hydrogen-bond donors (Lipinski definition) is 1. The molecule has 0 bridgehead atoms. The summed E-state index contributed by atoms with van der Waals surface area (Å²) in [6, 6.07) is 0.475. The smallest absolute Gasteiger partial charge is 0.115 e. The topological polar surface area (TPSA) is 23.5 Å². The monoisotopic (exact) mass is 159 g/mol. The molecule has 0 spiro atoms. The maximum atomic E-state index is 12.9. The van der Waals surface area contributed by atoms with Crippen LogP contribution in [0.4, 0.5) is 4.39 Å². The van der Waals surface area contributed by atoms with Crippen LogP contribution in [0.5, 0.6) is 0 Å². The van der Waals surface area contributed by atoms with E-state index in [-0.39, 0.29) is 12.1 Å². The first kappa shape index (κ1) is 7.50. The number of aliphatic hydroxyl groups is 1. The average molecular weight is 159 g/mol. The molecule has 2 fully saturated rings. The first-order chi connectivity index (χ1) is 5.18. The summed E-state index contributed by atoms with van der Waals surface area (Å²) in [5.74, 6) is 0. The zero-order chi connectivity index (χ0) is 8.06. The van der Waals surface area contributed by atoms with Crippen molar-refractivity contribution in [2.75, 3.05) is 13.2 Å². The summed E-state index contributed by atoms with van der Waals surface area (Å²) in [6.45, 7) is 2.74. The lowest BCUT2D eigenvalue weighted by Crippen LogP contribution is -2.63. The van der Waals surface area contributed by atoms with Gasteiger partial charge in [0, 0.05) is 24.5 Å². The summed E-state index contributed by atoms with van der Waals surface area (Å²) in [7, 11) is 0. The fourth-order valence-electron chi connectivity index (χ4n) is 2.62. The number of aliphatic hydroxyl groups excluding tert-OH is 1. The Hall–Kier alpha value is -0.150. The lowest BCUT2D eigenvalue weighted by molar-refractivity contribution is -0.0637. The van der Waals surface area contributed by atoms with E-state index in [0.717, 1.165) is 6.42 Å². The molecule has 2 rings (SSSR count). The summed E-state index contributed by atoms with van der Waals surface area (Å²) in [5.41, 5.74) is -0.168. The molecule has 0 aromatic carbocycles. The van der Waals surface area contributed by atoms with Gasteiger partial charge in [-0.05, 0) is 13.3 Å². The van der Waals surface area contributed by atoms with Gasteiger partial charge < -0.3 is 5.11 Å². The van der Waals surface area contributed by atoms with E-state index >= 15 is 0 Å². The normalized spacial score (nSPS) is 50.5. The number of hydrogen-bond acceptors (Lipinski definition) is 2. The highest BCUT2D eigenvalue weighted by Gasteiger charge is 2.55. The maximum absolute atomic E-state index is 12.9. The molecule has 11 heavy (non-hydrogen) atoms. The Morgan fingerprint density at radius 1 is 1.64 bits per heavy atom. The summed E-state index contributed by atoms with van der Waals surface area (Å²) < 4.78 is 12.9. The number of rotatable bonds is 1. The molecular weight excluding hydrogens is 145 g/mol. The van der Waals surface area contributed by atoms with E-state index in [1.54, 1.807) is 0 Å². The molecule has 2 heterocycles. The van der Waals surface area contributed by atoms with Crippen LogP contribution in [0.25, 0.3) is 0 Å². The van der Waals surface area contributed by atoms with Crippen molar-refractivity contribution in [1.29, 1.82) is 0 Å². The largest absolute Gasteiger partial charge is 0.394 e.